The number of hydrogen-bond acceptors (Lipinski definition) is 5. The van der Waals surface area contributed by atoms with Gasteiger partial charge in [-0.2, -0.15) is 0 Å². The Morgan fingerprint density at radius 3 is 2.48 bits per heavy atom. The van der Waals surface area contributed by atoms with Gasteiger partial charge in [-0.15, -0.1) is 0 Å². The number of fused-ring (bicyclic) bond motifs is 1. The maximum atomic E-state index is 5.52. The van der Waals surface area contributed by atoms with Gasteiger partial charge >= 0.3 is 0 Å². The Hall–Kier alpha value is -2.76. The first-order valence-electron chi connectivity index (χ1n) is 6.36. The first kappa shape index (κ1) is 13.2. The van der Waals surface area contributed by atoms with Crippen molar-refractivity contribution in [1.82, 2.24) is 14.4 Å². The van der Waals surface area contributed by atoms with Gasteiger partial charge in [0.25, 0.3) is 0 Å². The molecule has 0 spiro atoms. The minimum Gasteiger partial charge on any atom is -0.493 e. The monoisotopic (exact) mass is 285 g/mol. The van der Waals surface area contributed by atoms with Gasteiger partial charge in [0.15, 0.2) is 17.1 Å². The molecular weight excluding hydrogens is 270 g/mol. The van der Waals surface area contributed by atoms with Crippen molar-refractivity contribution in [3.8, 4) is 28.5 Å². The third-order valence-corrected chi connectivity index (χ3v) is 3.30. The molecule has 0 saturated heterocycles. The Kier molecular flexibility index (Phi) is 3.35. The van der Waals surface area contributed by atoms with Crippen molar-refractivity contribution in [2.24, 2.45) is 0 Å². The lowest BCUT2D eigenvalue weighted by Gasteiger charge is -2.15. The van der Waals surface area contributed by atoms with Crippen LogP contribution in [0.2, 0.25) is 0 Å². The zero-order valence-corrected chi connectivity index (χ0v) is 12.0. The highest BCUT2D eigenvalue weighted by molar-refractivity contribution is 5.75. The highest BCUT2D eigenvalue weighted by Gasteiger charge is 2.19. The van der Waals surface area contributed by atoms with Crippen LogP contribution in [0.15, 0.2) is 36.9 Å². The topological polar surface area (TPSA) is 57.9 Å². The lowest BCUT2D eigenvalue weighted by Crippen LogP contribution is -1.98. The molecular formula is C15H15N3O3. The molecule has 2 aromatic heterocycles. The van der Waals surface area contributed by atoms with Crippen LogP contribution in [0.1, 0.15) is 0 Å². The minimum atomic E-state index is 0.557. The number of hydrogen-bond donors (Lipinski definition) is 0. The fraction of sp³-hybridized carbons (Fsp3) is 0.200. The number of nitrogens with zero attached hydrogens (tertiary/aromatic N) is 3. The highest BCUT2D eigenvalue weighted by Crippen LogP contribution is 2.44. The van der Waals surface area contributed by atoms with Crippen LogP contribution in [-0.4, -0.2) is 35.7 Å². The molecule has 0 aliphatic carbocycles. The van der Waals surface area contributed by atoms with Gasteiger partial charge in [0.05, 0.1) is 39.4 Å². The van der Waals surface area contributed by atoms with E-state index in [1.165, 1.54) is 0 Å². The average Bonchev–Trinajstić information content (AvgIpc) is 2.97. The molecule has 0 fully saturated rings. The van der Waals surface area contributed by atoms with E-state index < -0.39 is 0 Å². The Bertz CT molecular complexity index is 783. The summed E-state index contributed by atoms with van der Waals surface area (Å²) < 4.78 is 18.2. The third kappa shape index (κ3) is 2.05. The zero-order chi connectivity index (χ0) is 14.8. The summed E-state index contributed by atoms with van der Waals surface area (Å²) in [5.41, 5.74) is 2.53. The van der Waals surface area contributed by atoms with E-state index in [2.05, 4.69) is 9.97 Å². The zero-order valence-electron chi connectivity index (χ0n) is 12.0. The molecule has 0 aliphatic rings. The van der Waals surface area contributed by atoms with Crippen molar-refractivity contribution in [2.75, 3.05) is 21.3 Å². The molecule has 0 amide bonds. The fourth-order valence-electron chi connectivity index (χ4n) is 2.34. The van der Waals surface area contributed by atoms with Gasteiger partial charge in [-0.05, 0) is 12.1 Å². The maximum absolute atomic E-state index is 5.52. The molecule has 21 heavy (non-hydrogen) atoms. The molecule has 2 heterocycles. The first-order chi connectivity index (χ1) is 10.3. The second-order valence-corrected chi connectivity index (χ2v) is 4.33. The summed E-state index contributed by atoms with van der Waals surface area (Å²) in [4.78, 5) is 8.41. The van der Waals surface area contributed by atoms with Gasteiger partial charge in [0, 0.05) is 18.0 Å². The van der Waals surface area contributed by atoms with Gasteiger partial charge in [0.2, 0.25) is 5.75 Å². The molecule has 0 atom stereocenters. The van der Waals surface area contributed by atoms with Crippen LogP contribution >= 0.6 is 0 Å². The van der Waals surface area contributed by atoms with Crippen LogP contribution in [0.5, 0.6) is 17.2 Å². The van der Waals surface area contributed by atoms with E-state index in [1.807, 2.05) is 22.7 Å². The first-order valence-corrected chi connectivity index (χ1v) is 6.36. The van der Waals surface area contributed by atoms with E-state index in [1.54, 1.807) is 39.9 Å². The second kappa shape index (κ2) is 5.32. The lowest BCUT2D eigenvalue weighted by atomic mass is 10.1. The number of ether oxygens (including phenoxy) is 3. The number of aromatic nitrogens is 3. The van der Waals surface area contributed by atoms with E-state index in [0.29, 0.717) is 17.2 Å². The fourth-order valence-corrected chi connectivity index (χ4v) is 2.34. The standard InChI is InChI=1S/C15H15N3O3/c1-19-12-5-4-10(14(20-2)15(12)21-3)11-8-17-13-9-16-6-7-18(11)13/h4-9H,1-3H3. The van der Waals surface area contributed by atoms with Crippen molar-refractivity contribution >= 4 is 5.65 Å². The molecule has 0 aliphatic heterocycles. The quantitative estimate of drug-likeness (QED) is 0.737. The van der Waals surface area contributed by atoms with Crippen LogP contribution < -0.4 is 14.2 Å². The van der Waals surface area contributed by atoms with Crippen molar-refractivity contribution in [3.05, 3.63) is 36.9 Å². The number of imidazole rings is 1. The Labute approximate surface area is 121 Å². The summed E-state index contributed by atoms with van der Waals surface area (Å²) in [6.07, 6.45) is 7.05. The summed E-state index contributed by atoms with van der Waals surface area (Å²) in [5, 5.41) is 0. The normalized spacial score (nSPS) is 10.6. The van der Waals surface area contributed by atoms with Crippen molar-refractivity contribution < 1.29 is 14.2 Å². The second-order valence-electron chi connectivity index (χ2n) is 4.33. The third-order valence-electron chi connectivity index (χ3n) is 3.30. The summed E-state index contributed by atoms with van der Waals surface area (Å²) in [6.45, 7) is 0. The van der Waals surface area contributed by atoms with Crippen LogP contribution in [0.25, 0.3) is 16.9 Å². The van der Waals surface area contributed by atoms with Crippen molar-refractivity contribution in [2.45, 2.75) is 0 Å². The van der Waals surface area contributed by atoms with E-state index >= 15 is 0 Å². The van der Waals surface area contributed by atoms with Crippen LogP contribution in [0, 0.1) is 0 Å². The molecule has 0 bridgehead atoms. The number of rotatable bonds is 4. The molecule has 3 aromatic rings. The molecule has 0 radical (unpaired) electrons. The Balaban J connectivity index is 2.27. The number of benzene rings is 1. The number of methoxy groups -OCH3 is 3. The Morgan fingerprint density at radius 1 is 0.952 bits per heavy atom. The van der Waals surface area contributed by atoms with Gasteiger partial charge < -0.3 is 14.2 Å². The lowest BCUT2D eigenvalue weighted by molar-refractivity contribution is 0.325. The summed E-state index contributed by atoms with van der Waals surface area (Å²) in [6, 6.07) is 3.77. The van der Waals surface area contributed by atoms with E-state index in [0.717, 1.165) is 16.9 Å². The smallest absolute Gasteiger partial charge is 0.203 e. The van der Waals surface area contributed by atoms with Crippen molar-refractivity contribution in [3.63, 3.8) is 0 Å². The predicted molar refractivity (Wildman–Crippen MR) is 78.1 cm³/mol. The SMILES string of the molecule is COc1ccc(-c2cnc3cnccn23)c(OC)c1OC. The Morgan fingerprint density at radius 2 is 1.76 bits per heavy atom. The van der Waals surface area contributed by atoms with E-state index in [-0.39, 0.29) is 0 Å². The summed E-state index contributed by atoms with van der Waals surface area (Å²) in [5.74, 6) is 1.78. The van der Waals surface area contributed by atoms with Crippen LogP contribution in [-0.2, 0) is 0 Å². The largest absolute Gasteiger partial charge is 0.493 e. The van der Waals surface area contributed by atoms with Gasteiger partial charge in [-0.1, -0.05) is 0 Å². The summed E-state index contributed by atoms with van der Waals surface area (Å²) >= 11 is 0. The van der Waals surface area contributed by atoms with Crippen LogP contribution in [0.4, 0.5) is 0 Å². The minimum absolute atomic E-state index is 0.557. The molecule has 6 heteroatoms. The molecule has 0 unspecified atom stereocenters. The molecule has 0 N–H and O–H groups in total. The van der Waals surface area contributed by atoms with Crippen molar-refractivity contribution in [1.29, 1.82) is 0 Å². The summed E-state index contributed by atoms with van der Waals surface area (Å²) in [7, 11) is 4.78. The maximum Gasteiger partial charge on any atom is 0.203 e. The molecule has 1 aromatic carbocycles. The molecule has 0 saturated carbocycles. The van der Waals surface area contributed by atoms with E-state index in [9.17, 15) is 0 Å². The molecule has 6 nitrogen and oxygen atoms in total. The highest BCUT2D eigenvalue weighted by atomic mass is 16.5. The average molecular weight is 285 g/mol. The van der Waals surface area contributed by atoms with Gasteiger partial charge in [-0.3, -0.25) is 9.38 Å². The van der Waals surface area contributed by atoms with Gasteiger partial charge in [0.1, 0.15) is 0 Å². The van der Waals surface area contributed by atoms with Crippen LogP contribution in [0.3, 0.4) is 0 Å². The van der Waals surface area contributed by atoms with Gasteiger partial charge in [-0.25, -0.2) is 4.98 Å². The molecule has 108 valence electrons. The van der Waals surface area contributed by atoms with E-state index in [4.69, 9.17) is 14.2 Å². The predicted octanol–water partition coefficient (Wildman–Crippen LogP) is 2.42. The molecule has 3 rings (SSSR count).